The Hall–Kier alpha value is -2.41. The molecule has 210 valence electrons. The van der Waals surface area contributed by atoms with E-state index in [1.54, 1.807) is 6.20 Å². The van der Waals surface area contributed by atoms with E-state index >= 15 is 0 Å². The molecule has 4 aliphatic rings. The fraction of sp³-hybridized carbons (Fsp3) is 0.686. The zero-order valence-corrected chi connectivity index (χ0v) is 25.0. The van der Waals surface area contributed by atoms with Crippen LogP contribution in [0.3, 0.4) is 0 Å². The summed E-state index contributed by atoms with van der Waals surface area (Å²) in [4.78, 5) is 18.6. The topological polar surface area (TPSA) is 65.8 Å². The average molecular weight is 528 g/mol. The molecular weight excluding hydrogens is 478 g/mol. The van der Waals surface area contributed by atoms with E-state index < -0.39 is 0 Å². The number of allylic oxidation sites excluding steroid dienone is 2. The van der Waals surface area contributed by atoms with Gasteiger partial charge in [-0.05, 0) is 130 Å². The molecule has 39 heavy (non-hydrogen) atoms. The number of hydrogen-bond acceptors (Lipinski definition) is 3. The molecule has 0 aliphatic heterocycles. The summed E-state index contributed by atoms with van der Waals surface area (Å²) in [5.41, 5.74) is 2.61. The highest BCUT2D eigenvalue weighted by Gasteiger charge is 2.70. The van der Waals surface area contributed by atoms with Crippen LogP contribution in [-0.2, 0) is 4.79 Å². The second-order valence-electron chi connectivity index (χ2n) is 14.5. The number of nitrogens with zero attached hydrogens (tertiary/aromatic N) is 2. The molecule has 1 amide bonds. The van der Waals surface area contributed by atoms with Gasteiger partial charge in [-0.25, -0.2) is 4.98 Å². The van der Waals surface area contributed by atoms with E-state index in [2.05, 4.69) is 64.1 Å². The van der Waals surface area contributed by atoms with Crippen LogP contribution in [0.25, 0.3) is 0 Å². The van der Waals surface area contributed by atoms with Gasteiger partial charge in [-0.2, -0.15) is 5.26 Å². The van der Waals surface area contributed by atoms with Crippen LogP contribution >= 0.6 is 0 Å². The Kier molecular flexibility index (Phi) is 7.14. The van der Waals surface area contributed by atoms with Gasteiger partial charge in [-0.3, -0.25) is 4.79 Å². The normalized spacial score (nSPS) is 42.8. The Bertz CT molecular complexity index is 1180. The van der Waals surface area contributed by atoms with Gasteiger partial charge < -0.3 is 5.32 Å². The minimum absolute atomic E-state index is 0.0941. The second kappa shape index (κ2) is 9.90. The number of anilines is 1. The summed E-state index contributed by atoms with van der Waals surface area (Å²) in [6, 6.07) is 8.20. The first kappa shape index (κ1) is 28.1. The zero-order chi connectivity index (χ0) is 28.2. The molecule has 0 radical (unpaired) electrons. The summed E-state index contributed by atoms with van der Waals surface area (Å²) < 4.78 is 0. The standard InChI is InChI=1S/C35H49N3O/c1-23(2)25-14-18-35(31(39)38-29-11-8-9-22-37-29)20-19-33(6)27(30(25)35)12-13-28-32(5,16-10-21-36)26(24(3)4)15-17-34(28,33)7/h8-9,11,22,25-28,30H,1,3,10,12-20H2,2,4-7H3,(H,37,38,39)/t25-,26-,27+,28+,30+,32-,33+,34+,35-/m0/s1. The third-order valence-corrected chi connectivity index (χ3v) is 13.1. The molecule has 4 heteroatoms. The molecule has 0 spiro atoms. The van der Waals surface area contributed by atoms with Gasteiger partial charge in [0.05, 0.1) is 11.5 Å². The quantitative estimate of drug-likeness (QED) is 0.376. The van der Waals surface area contributed by atoms with Gasteiger partial charge in [0, 0.05) is 12.6 Å². The van der Waals surface area contributed by atoms with Crippen LogP contribution in [-0.4, -0.2) is 10.9 Å². The number of nitriles is 1. The van der Waals surface area contributed by atoms with Crippen LogP contribution in [0, 0.1) is 62.6 Å². The van der Waals surface area contributed by atoms with E-state index in [-0.39, 0.29) is 27.6 Å². The highest BCUT2D eigenvalue weighted by atomic mass is 16.2. The van der Waals surface area contributed by atoms with Crippen LogP contribution in [0.1, 0.15) is 98.8 Å². The Labute approximate surface area is 236 Å². The average Bonchev–Trinajstić information content (AvgIpc) is 3.30. The summed E-state index contributed by atoms with van der Waals surface area (Å²) >= 11 is 0. The lowest BCUT2D eigenvalue weighted by Gasteiger charge is -2.70. The van der Waals surface area contributed by atoms with Gasteiger partial charge in [-0.1, -0.05) is 51.1 Å². The number of hydrogen-bond donors (Lipinski definition) is 1. The van der Waals surface area contributed by atoms with Gasteiger partial charge in [0.25, 0.3) is 0 Å². The fourth-order valence-corrected chi connectivity index (χ4v) is 11.1. The molecule has 4 saturated carbocycles. The number of carbonyl (C=O) groups is 1. The molecule has 4 fully saturated rings. The van der Waals surface area contributed by atoms with Crippen molar-refractivity contribution in [3.05, 3.63) is 48.7 Å². The van der Waals surface area contributed by atoms with Crippen molar-refractivity contribution in [3.63, 3.8) is 0 Å². The van der Waals surface area contributed by atoms with Crippen molar-refractivity contribution in [2.75, 3.05) is 5.32 Å². The molecular formula is C35H49N3O. The van der Waals surface area contributed by atoms with Crippen LogP contribution in [0.2, 0.25) is 0 Å². The SMILES string of the molecule is C=C(C)[C@@H]1CC[C@]2(C(=O)Nc3ccccn3)CC[C@]3(C)[C@H](CC[C@@H]4[C@@](C)(CCC#N)[C@H](C(=C)C)CC[C@]43C)[C@@H]12. The zero-order valence-electron chi connectivity index (χ0n) is 25.0. The highest BCUT2D eigenvalue weighted by molar-refractivity contribution is 5.95. The van der Waals surface area contributed by atoms with Crippen LogP contribution in [0.15, 0.2) is 48.7 Å². The number of rotatable bonds is 6. The molecule has 0 saturated heterocycles. The number of fused-ring (bicyclic) bond motifs is 5. The monoisotopic (exact) mass is 527 g/mol. The number of aromatic nitrogens is 1. The van der Waals surface area contributed by atoms with Crippen molar-refractivity contribution in [3.8, 4) is 6.07 Å². The van der Waals surface area contributed by atoms with Crippen molar-refractivity contribution in [2.45, 2.75) is 98.8 Å². The molecule has 1 N–H and O–H groups in total. The molecule has 1 aromatic rings. The first-order valence-corrected chi connectivity index (χ1v) is 15.3. The maximum absolute atomic E-state index is 14.2. The number of carbonyl (C=O) groups excluding carboxylic acids is 1. The summed E-state index contributed by atoms with van der Waals surface area (Å²) in [5.74, 6) is 3.08. The number of nitrogens with one attached hydrogen (secondary N) is 1. The lowest BCUT2D eigenvalue weighted by Crippen LogP contribution is -2.65. The number of pyridine rings is 1. The van der Waals surface area contributed by atoms with Crippen molar-refractivity contribution in [1.82, 2.24) is 4.98 Å². The maximum Gasteiger partial charge on any atom is 0.232 e. The second-order valence-corrected chi connectivity index (χ2v) is 14.5. The van der Waals surface area contributed by atoms with E-state index in [0.717, 1.165) is 44.9 Å². The molecule has 4 nitrogen and oxygen atoms in total. The summed E-state index contributed by atoms with van der Waals surface area (Å²) in [6.07, 6.45) is 12.1. The van der Waals surface area contributed by atoms with Crippen molar-refractivity contribution in [1.29, 1.82) is 5.26 Å². The molecule has 5 rings (SSSR count). The van der Waals surface area contributed by atoms with Gasteiger partial charge >= 0.3 is 0 Å². The molecule has 1 heterocycles. The van der Waals surface area contributed by atoms with E-state index in [9.17, 15) is 10.1 Å². The third kappa shape index (κ3) is 4.05. The summed E-state index contributed by atoms with van der Waals surface area (Å²) in [5, 5.41) is 12.8. The van der Waals surface area contributed by atoms with Crippen LogP contribution in [0.4, 0.5) is 5.82 Å². The fourth-order valence-electron chi connectivity index (χ4n) is 11.1. The minimum atomic E-state index is -0.354. The number of amides is 1. The Balaban J connectivity index is 1.54. The van der Waals surface area contributed by atoms with Crippen LogP contribution < -0.4 is 5.32 Å². The summed E-state index contributed by atoms with van der Waals surface area (Å²) in [6.45, 7) is 21.0. The largest absolute Gasteiger partial charge is 0.310 e. The molecule has 0 bridgehead atoms. The van der Waals surface area contributed by atoms with E-state index in [1.165, 1.54) is 24.0 Å². The van der Waals surface area contributed by atoms with E-state index in [4.69, 9.17) is 0 Å². The molecule has 1 aromatic heterocycles. The molecule has 0 aromatic carbocycles. The Morgan fingerprint density at radius 1 is 1.03 bits per heavy atom. The molecule has 0 unspecified atom stereocenters. The summed E-state index contributed by atoms with van der Waals surface area (Å²) in [7, 11) is 0. The highest BCUT2D eigenvalue weighted by Crippen LogP contribution is 2.76. The first-order valence-electron chi connectivity index (χ1n) is 15.3. The lowest BCUT2D eigenvalue weighted by atomic mass is 9.34. The molecule has 9 atom stereocenters. The smallest absolute Gasteiger partial charge is 0.232 e. The van der Waals surface area contributed by atoms with E-state index in [0.29, 0.717) is 41.8 Å². The lowest BCUT2D eigenvalue weighted by molar-refractivity contribution is -0.214. The Morgan fingerprint density at radius 2 is 1.79 bits per heavy atom. The Morgan fingerprint density at radius 3 is 2.44 bits per heavy atom. The third-order valence-electron chi connectivity index (χ3n) is 13.1. The maximum atomic E-state index is 14.2. The van der Waals surface area contributed by atoms with Crippen LogP contribution in [0.5, 0.6) is 0 Å². The predicted molar refractivity (Wildman–Crippen MR) is 158 cm³/mol. The van der Waals surface area contributed by atoms with Crippen molar-refractivity contribution in [2.24, 2.45) is 51.2 Å². The van der Waals surface area contributed by atoms with Crippen molar-refractivity contribution < 1.29 is 4.79 Å². The predicted octanol–water partition coefficient (Wildman–Crippen LogP) is 8.74. The van der Waals surface area contributed by atoms with Gasteiger partial charge in [-0.15, -0.1) is 0 Å². The first-order chi connectivity index (χ1) is 18.4. The van der Waals surface area contributed by atoms with E-state index in [1.807, 2.05) is 18.2 Å². The van der Waals surface area contributed by atoms with Gasteiger partial charge in [0.1, 0.15) is 5.82 Å². The van der Waals surface area contributed by atoms with Crippen molar-refractivity contribution >= 4 is 11.7 Å². The van der Waals surface area contributed by atoms with Gasteiger partial charge in [0.2, 0.25) is 5.91 Å². The minimum Gasteiger partial charge on any atom is -0.310 e. The molecule has 4 aliphatic carbocycles. The van der Waals surface area contributed by atoms with Gasteiger partial charge in [0.15, 0.2) is 0 Å².